The molecule has 0 aliphatic carbocycles. The fourth-order valence-electron chi connectivity index (χ4n) is 1.28. The lowest BCUT2D eigenvalue weighted by atomic mass is 10.2. The third kappa shape index (κ3) is 3.92. The second-order valence-corrected chi connectivity index (χ2v) is 3.42. The average Bonchev–Trinajstić information content (AvgIpc) is 2.35. The van der Waals surface area contributed by atoms with E-state index in [4.69, 9.17) is 10.5 Å². The third-order valence-corrected chi connectivity index (χ3v) is 2.17. The molecule has 1 heterocycles. The van der Waals surface area contributed by atoms with Gasteiger partial charge in [0, 0.05) is 20.3 Å². The number of hydrogen-bond donors (Lipinski definition) is 2. The fraction of sp³-hybridized carbons (Fsp3) is 0.455. The molecule has 0 unspecified atom stereocenters. The lowest BCUT2D eigenvalue weighted by Gasteiger charge is -2.08. The van der Waals surface area contributed by atoms with Crippen LogP contribution in [-0.2, 0) is 9.47 Å². The second-order valence-electron chi connectivity index (χ2n) is 3.42. The van der Waals surface area contributed by atoms with Crippen LogP contribution in [0.3, 0.4) is 0 Å². The van der Waals surface area contributed by atoms with Gasteiger partial charge in [0.15, 0.2) is 0 Å². The number of nitrogen functional groups attached to an aromatic ring is 1. The number of methoxy groups -OCH3 is 2. The maximum Gasteiger partial charge on any atom is 0.340 e. The Morgan fingerprint density at radius 2 is 2.29 bits per heavy atom. The molecule has 1 aromatic rings. The summed E-state index contributed by atoms with van der Waals surface area (Å²) in [5.41, 5.74) is 6.25. The Kier molecular flexibility index (Phi) is 5.22. The number of nitrogens with one attached hydrogen (secondary N) is 1. The molecule has 1 rings (SSSR count). The first-order chi connectivity index (χ1) is 8.19. The predicted octanol–water partition coefficient (Wildman–Crippen LogP) is 0.899. The standard InChI is InChI=1S/C11H17N3O3/c1-16-5-3-4-13-10-6-8(11(15)17-2)9(12)7-14-10/h6-7H,3-5,12H2,1-2H3,(H,13,14). The number of rotatable bonds is 6. The van der Waals surface area contributed by atoms with Crippen molar-refractivity contribution in [3.63, 3.8) is 0 Å². The van der Waals surface area contributed by atoms with Crippen molar-refractivity contribution in [1.82, 2.24) is 4.98 Å². The highest BCUT2D eigenvalue weighted by Crippen LogP contribution is 2.15. The molecule has 94 valence electrons. The lowest BCUT2D eigenvalue weighted by Crippen LogP contribution is -2.10. The van der Waals surface area contributed by atoms with E-state index in [9.17, 15) is 4.79 Å². The highest BCUT2D eigenvalue weighted by molar-refractivity contribution is 5.95. The Balaban J connectivity index is 2.65. The number of aromatic nitrogens is 1. The number of carbonyl (C=O) groups is 1. The number of anilines is 2. The van der Waals surface area contributed by atoms with E-state index in [0.29, 0.717) is 30.2 Å². The topological polar surface area (TPSA) is 86.5 Å². The largest absolute Gasteiger partial charge is 0.465 e. The Labute approximate surface area is 100 Å². The van der Waals surface area contributed by atoms with Crippen molar-refractivity contribution < 1.29 is 14.3 Å². The van der Waals surface area contributed by atoms with Gasteiger partial charge in [-0.05, 0) is 12.5 Å². The summed E-state index contributed by atoms with van der Waals surface area (Å²) in [4.78, 5) is 15.5. The van der Waals surface area contributed by atoms with Crippen LogP contribution in [-0.4, -0.2) is 38.3 Å². The molecule has 0 amide bonds. The molecule has 0 saturated carbocycles. The molecule has 0 radical (unpaired) electrons. The van der Waals surface area contributed by atoms with Gasteiger partial charge in [0.25, 0.3) is 0 Å². The van der Waals surface area contributed by atoms with Gasteiger partial charge in [0.2, 0.25) is 0 Å². The monoisotopic (exact) mass is 239 g/mol. The molecule has 0 atom stereocenters. The van der Waals surface area contributed by atoms with Crippen LogP contribution in [0, 0.1) is 0 Å². The van der Waals surface area contributed by atoms with Crippen molar-refractivity contribution in [1.29, 1.82) is 0 Å². The van der Waals surface area contributed by atoms with Crippen LogP contribution >= 0.6 is 0 Å². The molecule has 0 aliphatic heterocycles. The molecular formula is C11H17N3O3. The van der Waals surface area contributed by atoms with E-state index in [1.54, 1.807) is 13.2 Å². The van der Waals surface area contributed by atoms with Crippen molar-refractivity contribution in [2.45, 2.75) is 6.42 Å². The summed E-state index contributed by atoms with van der Waals surface area (Å²) in [5.74, 6) is 0.126. The molecule has 1 aromatic heterocycles. The number of esters is 1. The van der Waals surface area contributed by atoms with Gasteiger partial charge in [-0.1, -0.05) is 0 Å². The number of ether oxygens (including phenoxy) is 2. The fourth-order valence-corrected chi connectivity index (χ4v) is 1.28. The molecule has 3 N–H and O–H groups in total. The summed E-state index contributed by atoms with van der Waals surface area (Å²) < 4.78 is 9.54. The van der Waals surface area contributed by atoms with E-state index in [1.165, 1.54) is 13.3 Å². The summed E-state index contributed by atoms with van der Waals surface area (Å²) in [6, 6.07) is 1.58. The van der Waals surface area contributed by atoms with Crippen molar-refractivity contribution >= 4 is 17.5 Å². The Morgan fingerprint density at radius 3 is 2.94 bits per heavy atom. The molecule has 0 spiro atoms. The first-order valence-electron chi connectivity index (χ1n) is 5.25. The van der Waals surface area contributed by atoms with E-state index in [0.717, 1.165) is 6.42 Å². The zero-order valence-corrected chi connectivity index (χ0v) is 10.0. The van der Waals surface area contributed by atoms with Gasteiger partial charge in [-0.25, -0.2) is 9.78 Å². The second kappa shape index (κ2) is 6.70. The zero-order chi connectivity index (χ0) is 12.7. The van der Waals surface area contributed by atoms with Gasteiger partial charge >= 0.3 is 5.97 Å². The Bertz CT molecular complexity index is 382. The Hall–Kier alpha value is -1.82. The number of nitrogens with two attached hydrogens (primary N) is 1. The first-order valence-corrected chi connectivity index (χ1v) is 5.25. The van der Waals surface area contributed by atoms with Crippen LogP contribution < -0.4 is 11.1 Å². The minimum Gasteiger partial charge on any atom is -0.465 e. The lowest BCUT2D eigenvalue weighted by molar-refractivity contribution is 0.0602. The number of carbonyl (C=O) groups excluding carboxylic acids is 1. The van der Waals surface area contributed by atoms with Crippen LogP contribution in [0.4, 0.5) is 11.5 Å². The predicted molar refractivity (Wildman–Crippen MR) is 65.0 cm³/mol. The van der Waals surface area contributed by atoms with Crippen molar-refractivity contribution in [2.24, 2.45) is 0 Å². The number of nitrogens with zero attached hydrogens (tertiary/aromatic N) is 1. The quantitative estimate of drug-likeness (QED) is 0.566. The van der Waals surface area contributed by atoms with E-state index < -0.39 is 5.97 Å². The molecule has 17 heavy (non-hydrogen) atoms. The summed E-state index contributed by atoms with van der Waals surface area (Å²) in [5, 5.41) is 3.07. The summed E-state index contributed by atoms with van der Waals surface area (Å²) in [6.45, 7) is 1.39. The SMILES string of the molecule is COCCCNc1cc(C(=O)OC)c(N)cn1. The first kappa shape index (κ1) is 13.2. The van der Waals surface area contributed by atoms with Gasteiger partial charge in [-0.2, -0.15) is 0 Å². The summed E-state index contributed by atoms with van der Waals surface area (Å²) in [6.07, 6.45) is 2.29. The van der Waals surface area contributed by atoms with Crippen LogP contribution in [0.25, 0.3) is 0 Å². The third-order valence-electron chi connectivity index (χ3n) is 2.17. The molecule has 0 bridgehead atoms. The maximum absolute atomic E-state index is 11.4. The number of hydrogen-bond acceptors (Lipinski definition) is 6. The molecule has 0 aromatic carbocycles. The van der Waals surface area contributed by atoms with Gasteiger partial charge in [-0.15, -0.1) is 0 Å². The minimum absolute atomic E-state index is 0.305. The van der Waals surface area contributed by atoms with E-state index in [-0.39, 0.29) is 0 Å². The van der Waals surface area contributed by atoms with E-state index >= 15 is 0 Å². The molecule has 6 nitrogen and oxygen atoms in total. The highest BCUT2D eigenvalue weighted by atomic mass is 16.5. The van der Waals surface area contributed by atoms with Crippen LogP contribution in [0.5, 0.6) is 0 Å². The minimum atomic E-state index is -0.468. The van der Waals surface area contributed by atoms with E-state index in [1.807, 2.05) is 0 Å². The van der Waals surface area contributed by atoms with Crippen LogP contribution in [0.1, 0.15) is 16.8 Å². The Morgan fingerprint density at radius 1 is 1.53 bits per heavy atom. The van der Waals surface area contributed by atoms with Gasteiger partial charge < -0.3 is 20.5 Å². The van der Waals surface area contributed by atoms with Gasteiger partial charge in [-0.3, -0.25) is 0 Å². The van der Waals surface area contributed by atoms with Gasteiger partial charge in [0.05, 0.1) is 24.6 Å². The van der Waals surface area contributed by atoms with Gasteiger partial charge in [0.1, 0.15) is 5.82 Å². The van der Waals surface area contributed by atoms with E-state index in [2.05, 4.69) is 15.0 Å². The normalized spacial score (nSPS) is 10.0. The summed E-state index contributed by atoms with van der Waals surface area (Å²) in [7, 11) is 2.96. The summed E-state index contributed by atoms with van der Waals surface area (Å²) >= 11 is 0. The molecule has 0 aliphatic rings. The smallest absolute Gasteiger partial charge is 0.340 e. The number of pyridine rings is 1. The van der Waals surface area contributed by atoms with Crippen molar-refractivity contribution in [3.05, 3.63) is 17.8 Å². The molecule has 0 fully saturated rings. The average molecular weight is 239 g/mol. The van der Waals surface area contributed by atoms with Crippen LogP contribution in [0.2, 0.25) is 0 Å². The van der Waals surface area contributed by atoms with Crippen molar-refractivity contribution in [3.8, 4) is 0 Å². The highest BCUT2D eigenvalue weighted by Gasteiger charge is 2.11. The molecule has 0 saturated heterocycles. The van der Waals surface area contributed by atoms with Crippen LogP contribution in [0.15, 0.2) is 12.3 Å². The maximum atomic E-state index is 11.4. The molecule has 6 heteroatoms. The van der Waals surface area contributed by atoms with Crippen molar-refractivity contribution in [2.75, 3.05) is 38.4 Å². The zero-order valence-electron chi connectivity index (χ0n) is 10.0. The molecular weight excluding hydrogens is 222 g/mol.